The summed E-state index contributed by atoms with van der Waals surface area (Å²) in [6.45, 7) is 1.32. The minimum Gasteiger partial charge on any atom is -0.245 e. The molecule has 6 unspecified atom stereocenters. The molecule has 0 amide bonds. The molecule has 0 radical (unpaired) electrons. The Bertz CT molecular complexity index is 208. The maximum Gasteiger partial charge on any atom is 0.176 e. The molecule has 1 aliphatic rings. The van der Waals surface area contributed by atoms with Gasteiger partial charge in [0.1, 0.15) is 19.7 Å². The molecule has 14 heavy (non-hydrogen) atoms. The first-order chi connectivity index (χ1) is 6.13. The van der Waals surface area contributed by atoms with Gasteiger partial charge >= 0.3 is 0 Å². The van der Waals surface area contributed by atoms with Crippen LogP contribution in [0.5, 0.6) is 0 Å². The molecule has 1 fully saturated rings. The molecule has 6 heteroatoms. The average molecular weight is 214 g/mol. The predicted molar refractivity (Wildman–Crippen MR) is 46.0 cm³/mol. The van der Waals surface area contributed by atoms with Gasteiger partial charge in [-0.15, -0.1) is 0 Å². The highest BCUT2D eigenvalue weighted by Gasteiger charge is 2.64. The van der Waals surface area contributed by atoms with E-state index in [1.807, 2.05) is 0 Å². The summed E-state index contributed by atoms with van der Waals surface area (Å²) in [5, 5.41) is 0. The average Bonchev–Trinajstić information content (AvgIpc) is 2.11. The van der Waals surface area contributed by atoms with Crippen molar-refractivity contribution in [2.75, 3.05) is 0 Å². The van der Waals surface area contributed by atoms with Crippen LogP contribution in [-0.2, 0) is 0 Å². The summed E-state index contributed by atoms with van der Waals surface area (Å²) < 4.78 is 66.3. The molecule has 0 aromatic carbocycles. The Labute approximate surface area is 80.3 Å². The van der Waals surface area contributed by atoms with Crippen molar-refractivity contribution >= 4 is 7.85 Å². The lowest BCUT2D eigenvalue weighted by atomic mass is 9.60. The number of hydrogen-bond acceptors (Lipinski definition) is 0. The van der Waals surface area contributed by atoms with Crippen molar-refractivity contribution in [3.63, 3.8) is 0 Å². The van der Waals surface area contributed by atoms with Crippen LogP contribution in [0.4, 0.5) is 22.0 Å². The standard InChI is InChI=1S/C8H12BF5/c1-7(13)4(9)3(10)5(11)8(2,14)6(7)12/h3-6H,9H2,1-2H3. The predicted octanol–water partition coefficient (Wildman–Crippen LogP) is 1.89. The van der Waals surface area contributed by atoms with Crippen LogP contribution in [0, 0.1) is 0 Å². The largest absolute Gasteiger partial charge is 0.245 e. The van der Waals surface area contributed by atoms with Crippen LogP contribution >= 0.6 is 0 Å². The third-order valence-electron chi connectivity index (χ3n) is 3.18. The van der Waals surface area contributed by atoms with Crippen molar-refractivity contribution in [3.8, 4) is 0 Å². The van der Waals surface area contributed by atoms with Crippen LogP contribution in [0.25, 0.3) is 0 Å². The Morgan fingerprint density at radius 2 is 1.43 bits per heavy atom. The Balaban J connectivity index is 3.09. The molecule has 0 N–H and O–H groups in total. The van der Waals surface area contributed by atoms with Crippen LogP contribution < -0.4 is 0 Å². The van der Waals surface area contributed by atoms with E-state index in [9.17, 15) is 22.0 Å². The Morgan fingerprint density at radius 3 is 1.86 bits per heavy atom. The SMILES string of the molecule is BC1C(F)C(F)C(C)(F)C(F)C1(C)F. The summed E-state index contributed by atoms with van der Waals surface area (Å²) in [6.07, 6.45) is -7.57. The first-order valence-corrected chi connectivity index (χ1v) is 4.43. The molecule has 1 rings (SSSR count). The second-order valence-corrected chi connectivity index (χ2v) is 4.30. The molecule has 0 aromatic heterocycles. The van der Waals surface area contributed by atoms with Gasteiger partial charge in [0.25, 0.3) is 0 Å². The van der Waals surface area contributed by atoms with Gasteiger partial charge in [-0.25, -0.2) is 22.0 Å². The molecule has 82 valence electrons. The highest BCUT2D eigenvalue weighted by Crippen LogP contribution is 2.49. The van der Waals surface area contributed by atoms with Gasteiger partial charge in [-0.2, -0.15) is 0 Å². The van der Waals surface area contributed by atoms with Crippen molar-refractivity contribution < 1.29 is 22.0 Å². The van der Waals surface area contributed by atoms with Crippen LogP contribution in [0.3, 0.4) is 0 Å². The molecule has 0 nitrogen and oxygen atoms in total. The second kappa shape index (κ2) is 3.10. The molecular weight excluding hydrogens is 202 g/mol. The van der Waals surface area contributed by atoms with Gasteiger partial charge in [-0.3, -0.25) is 0 Å². The van der Waals surface area contributed by atoms with E-state index in [2.05, 4.69) is 0 Å². The fourth-order valence-corrected chi connectivity index (χ4v) is 1.80. The van der Waals surface area contributed by atoms with Gasteiger partial charge in [0.15, 0.2) is 18.0 Å². The topological polar surface area (TPSA) is 0 Å². The molecular formula is C8H12BF5. The summed E-state index contributed by atoms with van der Waals surface area (Å²) in [4.78, 5) is 0. The highest BCUT2D eigenvalue weighted by atomic mass is 19.2. The molecule has 0 bridgehead atoms. The smallest absolute Gasteiger partial charge is 0.176 e. The Morgan fingerprint density at radius 1 is 1.00 bits per heavy atom. The zero-order valence-electron chi connectivity index (χ0n) is 8.20. The maximum absolute atomic E-state index is 13.6. The summed E-state index contributed by atoms with van der Waals surface area (Å²) in [6, 6.07) is 0. The zero-order chi connectivity index (χ0) is 11.3. The van der Waals surface area contributed by atoms with Crippen molar-refractivity contribution in [3.05, 3.63) is 0 Å². The summed E-state index contributed by atoms with van der Waals surface area (Å²) in [7, 11) is 1.04. The molecule has 0 spiro atoms. The van der Waals surface area contributed by atoms with E-state index in [4.69, 9.17) is 0 Å². The van der Waals surface area contributed by atoms with Crippen LogP contribution in [0.1, 0.15) is 13.8 Å². The van der Waals surface area contributed by atoms with E-state index >= 15 is 0 Å². The number of hydrogen-bond donors (Lipinski definition) is 0. The minimum absolute atomic E-state index is 0.554. The van der Waals surface area contributed by atoms with Crippen molar-refractivity contribution in [1.29, 1.82) is 0 Å². The fourth-order valence-electron chi connectivity index (χ4n) is 1.80. The maximum atomic E-state index is 13.6. The monoisotopic (exact) mass is 214 g/mol. The third kappa shape index (κ3) is 1.34. The Hall–Kier alpha value is -0.285. The first kappa shape index (κ1) is 11.8. The van der Waals surface area contributed by atoms with Gasteiger partial charge in [0.2, 0.25) is 0 Å². The fraction of sp³-hybridized carbons (Fsp3) is 1.00. The molecule has 0 aliphatic heterocycles. The lowest BCUT2D eigenvalue weighted by Crippen LogP contribution is -2.63. The lowest BCUT2D eigenvalue weighted by molar-refractivity contribution is -0.143. The molecule has 0 aromatic rings. The van der Waals surface area contributed by atoms with Gasteiger partial charge in [-0.1, -0.05) is 0 Å². The number of halogens is 5. The highest BCUT2D eigenvalue weighted by molar-refractivity contribution is 6.13. The van der Waals surface area contributed by atoms with E-state index in [0.717, 1.165) is 14.8 Å². The van der Waals surface area contributed by atoms with Gasteiger partial charge in [-0.05, 0) is 13.8 Å². The van der Waals surface area contributed by atoms with Crippen molar-refractivity contribution in [2.45, 2.75) is 49.5 Å². The minimum atomic E-state index is -3.10. The first-order valence-electron chi connectivity index (χ1n) is 4.43. The number of alkyl halides is 5. The molecule has 1 saturated carbocycles. The van der Waals surface area contributed by atoms with E-state index < -0.39 is 35.7 Å². The second-order valence-electron chi connectivity index (χ2n) is 4.30. The van der Waals surface area contributed by atoms with E-state index in [0.29, 0.717) is 6.92 Å². The zero-order valence-corrected chi connectivity index (χ0v) is 8.20. The summed E-state index contributed by atoms with van der Waals surface area (Å²) in [5.74, 6) is -1.49. The van der Waals surface area contributed by atoms with Crippen LogP contribution in [-0.4, -0.2) is 37.7 Å². The third-order valence-corrected chi connectivity index (χ3v) is 3.18. The van der Waals surface area contributed by atoms with E-state index in [1.165, 1.54) is 0 Å². The van der Waals surface area contributed by atoms with Gasteiger partial charge < -0.3 is 0 Å². The molecule has 0 heterocycles. The van der Waals surface area contributed by atoms with Crippen molar-refractivity contribution in [1.82, 2.24) is 0 Å². The summed E-state index contributed by atoms with van der Waals surface area (Å²) in [5.41, 5.74) is -5.78. The number of rotatable bonds is 0. The Kier molecular flexibility index (Phi) is 2.61. The van der Waals surface area contributed by atoms with Crippen LogP contribution in [0.2, 0.25) is 5.82 Å². The van der Waals surface area contributed by atoms with E-state index in [1.54, 1.807) is 0 Å². The van der Waals surface area contributed by atoms with E-state index in [-0.39, 0.29) is 0 Å². The molecule has 1 aliphatic carbocycles. The molecule has 0 saturated heterocycles. The van der Waals surface area contributed by atoms with Gasteiger partial charge in [0, 0.05) is 5.82 Å². The summed E-state index contributed by atoms with van der Waals surface area (Å²) >= 11 is 0. The normalized spacial score (nSPS) is 59.9. The van der Waals surface area contributed by atoms with Crippen LogP contribution in [0.15, 0.2) is 0 Å². The molecule has 6 atom stereocenters. The van der Waals surface area contributed by atoms with Gasteiger partial charge in [0.05, 0.1) is 0 Å². The van der Waals surface area contributed by atoms with Crippen molar-refractivity contribution in [2.24, 2.45) is 0 Å². The lowest BCUT2D eigenvalue weighted by Gasteiger charge is -2.46. The quantitative estimate of drug-likeness (QED) is 0.426.